The minimum Gasteiger partial charge on any atom is -0.548 e. The fourth-order valence-corrected chi connectivity index (χ4v) is 4.85. The summed E-state index contributed by atoms with van der Waals surface area (Å²) in [5.74, 6) is -2.13. The molecule has 2 rings (SSSR count). The second-order valence-corrected chi connectivity index (χ2v) is 7.27. The summed E-state index contributed by atoms with van der Waals surface area (Å²) in [4.78, 5) is 23.6. The van der Waals surface area contributed by atoms with Crippen LogP contribution in [-0.2, 0) is 19.4 Å². The van der Waals surface area contributed by atoms with Gasteiger partial charge in [0.25, 0.3) is 0 Å². The van der Waals surface area contributed by atoms with E-state index >= 15 is 0 Å². The summed E-state index contributed by atoms with van der Waals surface area (Å²) in [6.45, 7) is 1.24. The topological polar surface area (TPSA) is 118 Å². The Morgan fingerprint density at radius 1 is 1.52 bits per heavy atom. The number of carboxylic acids is 1. The van der Waals surface area contributed by atoms with Crippen molar-refractivity contribution in [3.05, 3.63) is 24.3 Å². The van der Waals surface area contributed by atoms with Crippen LogP contribution in [0.4, 0.5) is 0 Å². The van der Waals surface area contributed by atoms with Gasteiger partial charge in [-0.2, -0.15) is 5.26 Å². The number of rotatable bonds is 3. The molecule has 0 aromatic carbocycles. The second-order valence-electron chi connectivity index (χ2n) is 4.76. The van der Waals surface area contributed by atoms with Gasteiger partial charge >= 0.3 is 29.6 Å². The van der Waals surface area contributed by atoms with E-state index in [1.807, 2.05) is 0 Å². The maximum atomic E-state index is 12.4. The average Bonchev–Trinajstić information content (AvgIpc) is 2.49. The Balaban J connectivity index is 0.00000220. The largest absolute Gasteiger partial charge is 1.00 e. The molecule has 0 spiro atoms. The van der Waals surface area contributed by atoms with Crippen LogP contribution >= 0.6 is 0 Å². The van der Waals surface area contributed by atoms with Gasteiger partial charge in [-0.1, -0.05) is 18.2 Å². The van der Waals surface area contributed by atoms with E-state index in [0.717, 1.165) is 11.0 Å². The van der Waals surface area contributed by atoms with Crippen molar-refractivity contribution in [3.63, 3.8) is 0 Å². The van der Waals surface area contributed by atoms with E-state index < -0.39 is 37.9 Å². The van der Waals surface area contributed by atoms with Crippen molar-refractivity contribution in [1.82, 2.24) is 4.90 Å². The Labute approximate surface area is 144 Å². The molecule has 106 valence electrons. The van der Waals surface area contributed by atoms with Crippen LogP contribution < -0.4 is 34.7 Å². The van der Waals surface area contributed by atoms with E-state index in [0.29, 0.717) is 0 Å². The first kappa shape index (κ1) is 17.9. The van der Waals surface area contributed by atoms with E-state index in [1.165, 1.54) is 25.2 Å². The third kappa shape index (κ3) is 2.44. The van der Waals surface area contributed by atoms with Crippen LogP contribution in [0.15, 0.2) is 24.3 Å². The molecule has 3 atom stereocenters. The van der Waals surface area contributed by atoms with Crippen molar-refractivity contribution in [2.24, 2.45) is 0 Å². The summed E-state index contributed by atoms with van der Waals surface area (Å²) >= 11 is 0. The third-order valence-corrected chi connectivity index (χ3v) is 6.37. The minimum atomic E-state index is -3.86. The first-order chi connectivity index (χ1) is 9.27. The molecule has 0 bridgehead atoms. The summed E-state index contributed by atoms with van der Waals surface area (Å²) in [7, 11) is -3.86. The Morgan fingerprint density at radius 2 is 2.14 bits per heavy atom. The van der Waals surface area contributed by atoms with E-state index in [1.54, 1.807) is 6.07 Å². The second kappa shape index (κ2) is 5.93. The van der Waals surface area contributed by atoms with Crippen LogP contribution in [0.5, 0.6) is 0 Å². The molecule has 0 aliphatic carbocycles. The zero-order chi connectivity index (χ0) is 15.1. The van der Waals surface area contributed by atoms with Crippen LogP contribution in [0.2, 0.25) is 0 Å². The molecule has 1 amide bonds. The number of amides is 1. The van der Waals surface area contributed by atoms with Gasteiger partial charge in [0.2, 0.25) is 5.91 Å². The number of hydrogen-bond acceptors (Lipinski definition) is 6. The number of fused-ring (bicyclic) bond motifs is 1. The summed E-state index contributed by atoms with van der Waals surface area (Å²) < 4.78 is 23.0. The molecule has 0 unspecified atom stereocenters. The average molecular weight is 318 g/mol. The Kier molecular flexibility index (Phi) is 5.05. The van der Waals surface area contributed by atoms with E-state index in [9.17, 15) is 23.1 Å². The number of aliphatic carboxylic acids is 1. The van der Waals surface area contributed by atoms with E-state index in [2.05, 4.69) is 0 Å². The first-order valence-corrected chi connectivity index (χ1v) is 7.31. The molecule has 2 saturated heterocycles. The van der Waals surface area contributed by atoms with Crippen LogP contribution in [0.25, 0.3) is 0 Å². The van der Waals surface area contributed by atoms with Gasteiger partial charge in [0.15, 0.2) is 9.84 Å². The Hall–Kier alpha value is -1.14. The molecule has 2 fully saturated rings. The van der Waals surface area contributed by atoms with E-state index in [4.69, 9.17) is 5.26 Å². The van der Waals surface area contributed by atoms with Crippen molar-refractivity contribution in [1.29, 1.82) is 5.26 Å². The number of nitriles is 1. The summed E-state index contributed by atoms with van der Waals surface area (Å²) in [6, 6.07) is 0.172. The van der Waals surface area contributed by atoms with Crippen LogP contribution in [-0.4, -0.2) is 41.4 Å². The smallest absolute Gasteiger partial charge is 0.548 e. The third-order valence-electron chi connectivity index (χ3n) is 3.67. The zero-order valence-electron chi connectivity index (χ0n) is 11.5. The van der Waals surface area contributed by atoms with Crippen molar-refractivity contribution in [3.8, 4) is 6.07 Å². The van der Waals surface area contributed by atoms with Crippen molar-refractivity contribution in [2.45, 2.75) is 29.5 Å². The molecule has 2 aliphatic rings. The van der Waals surface area contributed by atoms with Crippen LogP contribution in [0, 0.1) is 11.3 Å². The number of sulfone groups is 1. The molecule has 0 saturated carbocycles. The fourth-order valence-electron chi connectivity index (χ4n) is 2.57. The van der Waals surface area contributed by atoms with Crippen molar-refractivity contribution < 1.29 is 52.7 Å². The molecule has 0 N–H and O–H groups in total. The molecular formula is C12H11N2NaO5S. The predicted octanol–water partition coefficient (Wildman–Crippen LogP) is -4.51. The molecule has 21 heavy (non-hydrogen) atoms. The quantitative estimate of drug-likeness (QED) is 0.224. The number of β-lactam (4-membered cyclic amide) rings is 1. The molecular weight excluding hydrogens is 307 g/mol. The number of hydrogen-bond donors (Lipinski definition) is 0. The molecule has 2 heterocycles. The molecule has 2 aliphatic heterocycles. The number of allylic oxidation sites excluding steroid dienone is 3. The van der Waals surface area contributed by atoms with Gasteiger partial charge in [0, 0.05) is 6.08 Å². The number of carbonyl (C=O) groups excluding carboxylic acids is 2. The zero-order valence-corrected chi connectivity index (χ0v) is 14.3. The van der Waals surface area contributed by atoms with Gasteiger partial charge in [-0.15, -0.1) is 0 Å². The molecule has 0 aromatic heterocycles. The minimum absolute atomic E-state index is 0. The standard InChI is InChI=1S/C12H12N2O5S.Na/c1-12(5-3-2-4-6-13)10(11(16)17)14-8(15)7-9(14)20(12,18)19;/h2-5,9-10H,7H2,1H3,(H,16,17);/q;+1/p-1/b4-2+,5-3+;/t9-,10+,12+;/m1./s1. The molecule has 9 heteroatoms. The summed E-state index contributed by atoms with van der Waals surface area (Å²) in [5.41, 5.74) is 0. The Bertz CT molecular complexity index is 678. The number of nitrogens with zero attached hydrogens (tertiary/aromatic N) is 2. The SMILES string of the molecule is C[C@]1(/C=C/C=C/C#N)[C@H](C(=O)[O-])N2C(=O)C[C@H]2S1(=O)=O.[Na+]. The van der Waals surface area contributed by atoms with Crippen molar-refractivity contribution >= 4 is 21.7 Å². The van der Waals surface area contributed by atoms with Gasteiger partial charge in [0.05, 0.1) is 24.5 Å². The summed E-state index contributed by atoms with van der Waals surface area (Å²) in [5, 5.41) is 18.5. The van der Waals surface area contributed by atoms with E-state index in [-0.39, 0.29) is 36.0 Å². The maximum absolute atomic E-state index is 12.4. The Morgan fingerprint density at radius 3 is 2.62 bits per heavy atom. The summed E-state index contributed by atoms with van der Waals surface area (Å²) in [6.07, 6.45) is 4.68. The first-order valence-electron chi connectivity index (χ1n) is 5.77. The normalized spacial score (nSPS) is 33.3. The van der Waals surface area contributed by atoms with Crippen molar-refractivity contribution in [2.75, 3.05) is 0 Å². The number of carbonyl (C=O) groups is 2. The van der Waals surface area contributed by atoms with Crippen LogP contribution in [0.1, 0.15) is 13.3 Å². The predicted molar refractivity (Wildman–Crippen MR) is 65.3 cm³/mol. The van der Waals surface area contributed by atoms with Crippen LogP contribution in [0.3, 0.4) is 0 Å². The fraction of sp³-hybridized carbons (Fsp3) is 0.417. The van der Waals surface area contributed by atoms with Gasteiger partial charge in [-0.05, 0) is 6.92 Å². The van der Waals surface area contributed by atoms with Gasteiger partial charge in [-0.3, -0.25) is 4.79 Å². The van der Waals surface area contributed by atoms with Gasteiger partial charge in [-0.25, -0.2) is 8.42 Å². The van der Waals surface area contributed by atoms with Gasteiger partial charge < -0.3 is 14.8 Å². The number of carboxylic acid groups (broad SMARTS) is 1. The maximum Gasteiger partial charge on any atom is 1.00 e. The molecule has 7 nitrogen and oxygen atoms in total. The monoisotopic (exact) mass is 318 g/mol. The molecule has 0 aromatic rings. The van der Waals surface area contributed by atoms with Gasteiger partial charge in [0.1, 0.15) is 10.1 Å². The molecule has 0 radical (unpaired) electrons.